The number of phenolic OH excluding ortho intramolecular Hbond substituents is 1. The molecule has 0 spiro atoms. The second-order valence-corrected chi connectivity index (χ2v) is 6.75. The number of phenols is 1. The van der Waals surface area contributed by atoms with Crippen LogP contribution >= 0.6 is 36.4 Å². The van der Waals surface area contributed by atoms with Crippen LogP contribution in [0.1, 0.15) is 32.4 Å². The number of hydrogen-bond acceptors (Lipinski definition) is 3. The first-order chi connectivity index (χ1) is 9.32. The van der Waals surface area contributed by atoms with Gasteiger partial charge in [-0.15, -0.1) is 24.8 Å². The predicted octanol–water partition coefficient (Wildman–Crippen LogP) is 4.02. The number of hydrogen-bond donors (Lipinski definition) is 2. The van der Waals surface area contributed by atoms with Gasteiger partial charge < -0.3 is 10.4 Å². The summed E-state index contributed by atoms with van der Waals surface area (Å²) in [4.78, 5) is 2.21. The van der Waals surface area contributed by atoms with Gasteiger partial charge in [-0.25, -0.2) is 4.39 Å². The second-order valence-electron chi connectivity index (χ2n) is 6.35. The third-order valence-electron chi connectivity index (χ3n) is 3.73. The average molecular weight is 374 g/mol. The number of nitrogens with one attached hydrogen (secondary N) is 1. The number of benzene rings is 1. The Morgan fingerprint density at radius 2 is 1.77 bits per heavy atom. The zero-order valence-electron chi connectivity index (χ0n) is 13.0. The van der Waals surface area contributed by atoms with Crippen LogP contribution < -0.4 is 5.32 Å². The predicted molar refractivity (Wildman–Crippen MR) is 94.2 cm³/mol. The summed E-state index contributed by atoms with van der Waals surface area (Å²) in [5.74, 6) is -0.532. The van der Waals surface area contributed by atoms with Crippen molar-refractivity contribution in [3.63, 3.8) is 0 Å². The van der Waals surface area contributed by atoms with Crippen molar-refractivity contribution in [2.75, 3.05) is 26.2 Å². The van der Waals surface area contributed by atoms with Crippen molar-refractivity contribution < 1.29 is 9.50 Å². The summed E-state index contributed by atoms with van der Waals surface area (Å²) < 4.78 is 14.3. The Hall–Kier alpha value is -0.260. The molecular weight excluding hydrogens is 350 g/mol. The molecule has 1 heterocycles. The van der Waals surface area contributed by atoms with Crippen LogP contribution in [-0.4, -0.2) is 36.2 Å². The molecule has 1 aliphatic rings. The molecule has 0 saturated carbocycles. The zero-order valence-corrected chi connectivity index (χ0v) is 15.4. The van der Waals surface area contributed by atoms with E-state index in [1.54, 1.807) is 0 Å². The van der Waals surface area contributed by atoms with E-state index in [-0.39, 0.29) is 47.0 Å². The Morgan fingerprint density at radius 3 is 2.27 bits per heavy atom. The highest BCUT2D eigenvalue weighted by Gasteiger charge is 2.36. The topological polar surface area (TPSA) is 35.5 Å². The van der Waals surface area contributed by atoms with Crippen LogP contribution in [-0.2, 0) is 0 Å². The minimum absolute atomic E-state index is 0. The molecule has 1 aliphatic heterocycles. The summed E-state index contributed by atoms with van der Waals surface area (Å²) in [6.45, 7) is 9.56. The highest BCUT2D eigenvalue weighted by atomic mass is 35.5. The fourth-order valence-corrected chi connectivity index (χ4v) is 3.09. The summed E-state index contributed by atoms with van der Waals surface area (Å²) in [6.07, 6.45) is 0. The molecule has 1 fully saturated rings. The molecule has 0 aliphatic carbocycles. The third kappa shape index (κ3) is 4.62. The van der Waals surface area contributed by atoms with Crippen molar-refractivity contribution >= 4 is 36.4 Å². The van der Waals surface area contributed by atoms with Crippen molar-refractivity contribution in [1.29, 1.82) is 0 Å². The molecule has 0 amide bonds. The first-order valence-electron chi connectivity index (χ1n) is 6.94. The number of rotatable bonds is 2. The molecule has 7 heteroatoms. The maximum atomic E-state index is 14.3. The fourth-order valence-electron chi connectivity index (χ4n) is 2.92. The maximum absolute atomic E-state index is 14.3. The Bertz CT molecular complexity index is 488. The highest BCUT2D eigenvalue weighted by Crippen LogP contribution is 2.44. The molecule has 1 aromatic carbocycles. The lowest BCUT2D eigenvalue weighted by atomic mass is 9.80. The quantitative estimate of drug-likeness (QED) is 0.822. The van der Waals surface area contributed by atoms with Gasteiger partial charge in [0, 0.05) is 37.8 Å². The van der Waals surface area contributed by atoms with Gasteiger partial charge in [0.25, 0.3) is 0 Å². The summed E-state index contributed by atoms with van der Waals surface area (Å²) in [6, 6.07) is 2.52. The molecule has 1 atom stereocenters. The van der Waals surface area contributed by atoms with Crippen LogP contribution in [0.3, 0.4) is 0 Å². The summed E-state index contributed by atoms with van der Waals surface area (Å²) >= 11 is 5.97. The molecule has 2 rings (SSSR count). The van der Waals surface area contributed by atoms with E-state index in [1.165, 1.54) is 12.1 Å². The van der Waals surface area contributed by atoms with Crippen molar-refractivity contribution in [2.45, 2.75) is 26.8 Å². The third-order valence-corrected chi connectivity index (χ3v) is 4.03. The molecule has 0 bridgehead atoms. The molecule has 1 aromatic rings. The monoisotopic (exact) mass is 372 g/mol. The largest absolute Gasteiger partial charge is 0.506 e. The van der Waals surface area contributed by atoms with Crippen LogP contribution in [0.5, 0.6) is 5.75 Å². The van der Waals surface area contributed by atoms with E-state index < -0.39 is 5.82 Å². The van der Waals surface area contributed by atoms with Crippen LogP contribution in [0.15, 0.2) is 12.1 Å². The molecular formula is C15H24Cl3FN2O. The van der Waals surface area contributed by atoms with E-state index in [4.69, 9.17) is 11.6 Å². The van der Waals surface area contributed by atoms with Crippen molar-refractivity contribution in [1.82, 2.24) is 10.2 Å². The summed E-state index contributed by atoms with van der Waals surface area (Å²) in [7, 11) is 0. The van der Waals surface area contributed by atoms with Crippen molar-refractivity contribution in [2.24, 2.45) is 5.41 Å². The molecule has 2 N–H and O–H groups in total. The van der Waals surface area contributed by atoms with Gasteiger partial charge in [-0.1, -0.05) is 32.4 Å². The van der Waals surface area contributed by atoms with Crippen LogP contribution in [0.4, 0.5) is 4.39 Å². The fraction of sp³-hybridized carbons (Fsp3) is 0.600. The lowest BCUT2D eigenvalue weighted by Gasteiger charge is -2.42. The first kappa shape index (κ1) is 21.7. The second kappa shape index (κ2) is 8.55. The van der Waals surface area contributed by atoms with Gasteiger partial charge in [0.05, 0.1) is 5.02 Å². The van der Waals surface area contributed by atoms with Gasteiger partial charge in [0.2, 0.25) is 0 Å². The molecule has 1 saturated heterocycles. The first-order valence-corrected chi connectivity index (χ1v) is 7.32. The number of halogens is 4. The molecule has 3 nitrogen and oxygen atoms in total. The molecule has 0 unspecified atom stereocenters. The molecule has 0 radical (unpaired) electrons. The van der Waals surface area contributed by atoms with E-state index in [0.717, 1.165) is 26.2 Å². The minimum atomic E-state index is -0.398. The molecule has 22 heavy (non-hydrogen) atoms. The lowest BCUT2D eigenvalue weighted by Crippen LogP contribution is -2.48. The number of piperazine rings is 1. The Labute approximate surface area is 149 Å². The van der Waals surface area contributed by atoms with Crippen molar-refractivity contribution in [3.05, 3.63) is 28.5 Å². The van der Waals surface area contributed by atoms with E-state index in [0.29, 0.717) is 5.56 Å². The summed E-state index contributed by atoms with van der Waals surface area (Å²) in [5.41, 5.74) is 0.104. The zero-order chi connectivity index (χ0) is 14.9. The van der Waals surface area contributed by atoms with Crippen LogP contribution in [0.25, 0.3) is 0 Å². The molecule has 0 aromatic heterocycles. The number of aromatic hydroxyl groups is 1. The van der Waals surface area contributed by atoms with Gasteiger partial charge in [0.15, 0.2) is 0 Å². The minimum Gasteiger partial charge on any atom is -0.506 e. The smallest absolute Gasteiger partial charge is 0.141 e. The van der Waals surface area contributed by atoms with Gasteiger partial charge in [-0.2, -0.15) is 0 Å². The van der Waals surface area contributed by atoms with Gasteiger partial charge in [-0.05, 0) is 17.5 Å². The maximum Gasteiger partial charge on any atom is 0.141 e. The van der Waals surface area contributed by atoms with E-state index in [9.17, 15) is 9.50 Å². The SMILES string of the molecule is CC(C)(C)[C@H](c1c(F)ccc(Cl)c1O)N1CCNCC1.Cl.Cl. The number of nitrogens with zero attached hydrogens (tertiary/aromatic N) is 1. The van der Waals surface area contributed by atoms with E-state index in [1.807, 2.05) is 0 Å². The van der Waals surface area contributed by atoms with Gasteiger partial charge in [0.1, 0.15) is 11.6 Å². The van der Waals surface area contributed by atoms with E-state index in [2.05, 4.69) is 31.0 Å². The highest BCUT2D eigenvalue weighted by molar-refractivity contribution is 6.32. The normalized spacial score (nSPS) is 17.3. The Balaban J connectivity index is 0.00000220. The Morgan fingerprint density at radius 1 is 1.23 bits per heavy atom. The van der Waals surface area contributed by atoms with E-state index >= 15 is 0 Å². The lowest BCUT2D eigenvalue weighted by molar-refractivity contribution is 0.0813. The average Bonchev–Trinajstić information content (AvgIpc) is 2.39. The standard InChI is InChI=1S/C15H22ClFN2O.2ClH/c1-15(2,3)14(19-8-6-18-7-9-19)12-11(17)5-4-10(16)13(12)20;;/h4-5,14,18,20H,6-9H2,1-3H3;2*1H/t14-;;/m0../s1. The Kier molecular flexibility index (Phi) is 8.45. The molecule has 128 valence electrons. The van der Waals surface area contributed by atoms with Crippen LogP contribution in [0.2, 0.25) is 5.02 Å². The van der Waals surface area contributed by atoms with Gasteiger partial charge >= 0.3 is 0 Å². The van der Waals surface area contributed by atoms with Crippen LogP contribution in [0, 0.1) is 11.2 Å². The van der Waals surface area contributed by atoms with Crippen molar-refractivity contribution in [3.8, 4) is 5.75 Å². The summed E-state index contributed by atoms with van der Waals surface area (Å²) in [5, 5.41) is 13.7. The van der Waals surface area contributed by atoms with Gasteiger partial charge in [-0.3, -0.25) is 4.90 Å².